The third-order valence-electron chi connectivity index (χ3n) is 16.6. The number of aliphatic hydroxyl groups excluding tert-OH is 2. The van der Waals surface area contributed by atoms with Crippen molar-refractivity contribution in [3.8, 4) is 0 Å². The maximum absolute atomic E-state index is 14.5. The summed E-state index contributed by atoms with van der Waals surface area (Å²) in [5.74, 6) is -12.6. The molecule has 0 fully saturated rings. The van der Waals surface area contributed by atoms with E-state index in [-0.39, 0.29) is 56.0 Å². The van der Waals surface area contributed by atoms with Crippen molar-refractivity contribution in [3.05, 3.63) is 91.1 Å². The molecule has 0 aromatic carbocycles. The molecule has 12 atom stereocenters. The highest BCUT2D eigenvalue weighted by Gasteiger charge is 2.38. The van der Waals surface area contributed by atoms with Gasteiger partial charge in [0.1, 0.15) is 72.5 Å². The number of aromatic nitrogens is 10. The number of unbranched alkanes of at least 4 members (excludes halogenated alkanes) is 5. The maximum Gasteiger partial charge on any atom is 0.249 e. The van der Waals surface area contributed by atoms with Gasteiger partial charge in [0.15, 0.2) is 0 Å². The molecule has 0 radical (unpaired) electrons. The van der Waals surface area contributed by atoms with E-state index in [0.717, 1.165) is 32.1 Å². The number of aliphatic hydroxyl groups is 2. The number of carbonyl (C=O) groups excluding carboxylic acids is 13. The molecular formula is C66H101N23O15. The molecule has 5 aromatic heterocycles. The van der Waals surface area contributed by atoms with E-state index in [0.29, 0.717) is 29.2 Å². The number of H-pyrrole nitrogens is 5. The van der Waals surface area contributed by atoms with Crippen LogP contribution >= 0.6 is 0 Å². The van der Waals surface area contributed by atoms with Crippen LogP contribution < -0.4 is 69.5 Å². The SMILES string of the molecule is CCCCCCCCC(=O)N[C@H](C(=O)N[C@H](C(=O)N[C@H](C(=O)N[C@@H](Cc1cnc[nH]1)C(=O)N[C@@H](C)C(=O)N[C@@H](Cc1cnc[nH]1)C(=O)N[C@@H](Cc1cnc[nH]1)C(=O)N[C@@H](C)C(=O)N[C@@H](CO)C(=O)N[C@@H](Cc1cnc[nH]1)C(=O)N[C@@H](CC(C)C)C(=O)N[C@@H](CO)C(N)=O)C(C)C)C(C)C)c1cnc[nH]1. The Hall–Kier alpha value is -10.9. The summed E-state index contributed by atoms with van der Waals surface area (Å²) in [6.45, 7) is 13.0. The Morgan fingerprint density at radius 3 is 1.10 bits per heavy atom. The Balaban J connectivity index is 1.27. The van der Waals surface area contributed by atoms with E-state index in [2.05, 4.69) is 121 Å². The highest BCUT2D eigenvalue weighted by molar-refractivity contribution is 6.00. The number of nitrogens with two attached hydrogens (primary N) is 1. The van der Waals surface area contributed by atoms with Crippen molar-refractivity contribution in [3.63, 3.8) is 0 Å². The van der Waals surface area contributed by atoms with Crippen molar-refractivity contribution < 1.29 is 72.5 Å². The Morgan fingerprint density at radius 2 is 0.712 bits per heavy atom. The van der Waals surface area contributed by atoms with Gasteiger partial charge in [0.25, 0.3) is 0 Å². The molecule has 38 heteroatoms. The van der Waals surface area contributed by atoms with Gasteiger partial charge in [0.2, 0.25) is 76.8 Å². The first-order valence-corrected chi connectivity index (χ1v) is 34.5. The molecule has 0 unspecified atom stereocenters. The van der Waals surface area contributed by atoms with Crippen LogP contribution in [-0.4, -0.2) is 217 Å². The highest BCUT2D eigenvalue weighted by atomic mass is 16.3. The van der Waals surface area contributed by atoms with Gasteiger partial charge in [-0.1, -0.05) is 80.6 Å². The van der Waals surface area contributed by atoms with Gasteiger partial charge in [-0.05, 0) is 44.4 Å². The molecule has 13 amide bonds. The molecule has 0 aliphatic heterocycles. The van der Waals surface area contributed by atoms with Crippen LogP contribution in [0.4, 0.5) is 0 Å². The Morgan fingerprint density at radius 1 is 0.375 bits per heavy atom. The molecule has 0 saturated heterocycles. The average Bonchev–Trinajstić information content (AvgIpc) is 1.24. The third kappa shape index (κ3) is 27.5. The van der Waals surface area contributed by atoms with Crippen molar-refractivity contribution in [1.29, 1.82) is 0 Å². The Bertz CT molecular complexity index is 3550. The summed E-state index contributed by atoms with van der Waals surface area (Å²) < 4.78 is 0. The molecule has 104 heavy (non-hydrogen) atoms. The topological polar surface area (TPSA) is 576 Å². The summed E-state index contributed by atoms with van der Waals surface area (Å²) in [5, 5.41) is 50.9. The molecule has 5 rings (SSSR count). The number of aromatic amines is 5. The largest absolute Gasteiger partial charge is 0.394 e. The van der Waals surface area contributed by atoms with E-state index in [1.165, 1.54) is 76.5 Å². The number of nitrogens with zero attached hydrogens (tertiary/aromatic N) is 5. The second-order valence-corrected chi connectivity index (χ2v) is 26.4. The normalized spacial score (nSPS) is 14.8. The fourth-order valence-corrected chi connectivity index (χ4v) is 10.7. The molecule has 21 N–H and O–H groups in total. The first-order chi connectivity index (χ1) is 49.5. The third-order valence-corrected chi connectivity index (χ3v) is 16.6. The Labute approximate surface area is 600 Å². The van der Waals surface area contributed by atoms with Crippen LogP contribution in [0.15, 0.2) is 62.6 Å². The summed E-state index contributed by atoms with van der Waals surface area (Å²) >= 11 is 0. The predicted molar refractivity (Wildman–Crippen MR) is 372 cm³/mol. The fraction of sp³-hybridized carbons (Fsp3) is 0.576. The highest BCUT2D eigenvalue weighted by Crippen LogP contribution is 2.16. The zero-order chi connectivity index (χ0) is 76.6. The van der Waals surface area contributed by atoms with Crippen molar-refractivity contribution in [1.82, 2.24) is 114 Å². The molecule has 0 aliphatic carbocycles. The van der Waals surface area contributed by atoms with E-state index in [1.807, 2.05) is 0 Å². The summed E-state index contributed by atoms with van der Waals surface area (Å²) in [4.78, 5) is 214. The molecule has 5 heterocycles. The average molecular weight is 1460 g/mol. The molecule has 0 saturated carbocycles. The van der Waals surface area contributed by atoms with Crippen LogP contribution in [0, 0.1) is 17.8 Å². The molecule has 0 aliphatic rings. The number of rotatable bonds is 46. The number of hydrogen-bond donors (Lipinski definition) is 20. The number of primary amides is 1. The zero-order valence-electron chi connectivity index (χ0n) is 59.8. The van der Waals surface area contributed by atoms with Crippen molar-refractivity contribution in [2.24, 2.45) is 23.5 Å². The van der Waals surface area contributed by atoms with Gasteiger partial charge in [-0.3, -0.25) is 62.3 Å². The fourth-order valence-electron chi connectivity index (χ4n) is 10.7. The van der Waals surface area contributed by atoms with Crippen LogP contribution in [0.5, 0.6) is 0 Å². The van der Waals surface area contributed by atoms with Gasteiger partial charge in [-0.25, -0.2) is 24.9 Å². The van der Waals surface area contributed by atoms with Crippen molar-refractivity contribution in [2.45, 2.75) is 212 Å². The van der Waals surface area contributed by atoms with Crippen molar-refractivity contribution in [2.75, 3.05) is 13.2 Å². The first-order valence-electron chi connectivity index (χ1n) is 34.5. The first kappa shape index (κ1) is 83.7. The van der Waals surface area contributed by atoms with Crippen LogP contribution in [0.2, 0.25) is 0 Å². The summed E-state index contributed by atoms with van der Waals surface area (Å²) in [6, 6.07) is -17.2. The second-order valence-electron chi connectivity index (χ2n) is 26.4. The lowest BCUT2D eigenvalue weighted by molar-refractivity contribution is -0.136. The van der Waals surface area contributed by atoms with Crippen molar-refractivity contribution >= 4 is 76.8 Å². The quantitative estimate of drug-likeness (QED) is 0.0167. The van der Waals surface area contributed by atoms with Gasteiger partial charge in [-0.15, -0.1) is 0 Å². The van der Waals surface area contributed by atoms with Crippen LogP contribution in [0.1, 0.15) is 148 Å². The number of imidazole rings is 5. The predicted octanol–water partition coefficient (Wildman–Crippen LogP) is -3.62. The molecule has 0 spiro atoms. The minimum absolute atomic E-state index is 0.0364. The number of carbonyl (C=O) groups is 13. The minimum atomic E-state index is -1.75. The number of nitrogens with one attached hydrogen (secondary N) is 17. The van der Waals surface area contributed by atoms with Gasteiger partial charge < -0.3 is 105 Å². The maximum atomic E-state index is 14.5. The van der Waals surface area contributed by atoms with Gasteiger partial charge in [0, 0.05) is 79.7 Å². The van der Waals surface area contributed by atoms with E-state index < -0.39 is 168 Å². The molecular weight excluding hydrogens is 1350 g/mol. The number of amides is 13. The molecule has 570 valence electrons. The van der Waals surface area contributed by atoms with E-state index >= 15 is 0 Å². The summed E-state index contributed by atoms with van der Waals surface area (Å²) in [6.07, 6.45) is 18.4. The van der Waals surface area contributed by atoms with Gasteiger partial charge >= 0.3 is 0 Å². The molecule has 38 nitrogen and oxygen atoms in total. The molecule has 5 aromatic rings. The zero-order valence-corrected chi connectivity index (χ0v) is 59.8. The van der Waals surface area contributed by atoms with E-state index in [4.69, 9.17) is 5.73 Å². The monoisotopic (exact) mass is 1460 g/mol. The summed E-state index contributed by atoms with van der Waals surface area (Å²) in [7, 11) is 0. The minimum Gasteiger partial charge on any atom is -0.394 e. The van der Waals surface area contributed by atoms with Gasteiger partial charge in [0.05, 0.1) is 56.7 Å². The number of hydrogen-bond acceptors (Lipinski definition) is 20. The van der Waals surface area contributed by atoms with E-state index in [9.17, 15) is 72.5 Å². The molecule has 0 bridgehead atoms. The Kier molecular flexibility index (Phi) is 34.2. The summed E-state index contributed by atoms with van der Waals surface area (Å²) in [5.41, 5.74) is 6.96. The lowest BCUT2D eigenvalue weighted by Gasteiger charge is -2.29. The van der Waals surface area contributed by atoms with E-state index in [1.54, 1.807) is 41.5 Å². The second kappa shape index (κ2) is 42.5. The standard InChI is InChI=1S/C66H101N23O15/c1-10-11-12-13-14-15-16-51(92)87-54(48-26-72-33-77-48)66(104)89-53(36(6)7)65(103)88-52(35(4)5)64(102)84-45(19-40-23-69-30-74-40)59(97)78-37(8)56(94)80-46(20-41-24-70-31-75-41)61(99)82-44(18-39-22-68-29-73-39)58(96)79-38(9)57(95)86-50(28-91)63(101)83-47(21-42-25-71-32-76-42)62(100)81-43(17-34(2)3)60(98)85-49(27-90)55(67)93/h22-26,29-38,43-47,49-50,52-54,90-91H,10-21,27-28H2,1-9H3,(H2,67,93)(H,68,73)(H,69,74)(H,70,75)(H,71,76)(H,72,77)(H,78,97)(H,79,96)(H,80,94)(H,81,100)(H,82,99)(H,83,101)(H,84,102)(H,85,98)(H,86,95)(H,87,92)(H,88,103)(H,89,104)/t37-,38-,43-,44-,45-,46-,47-,49-,50-,52-,53-,54-/m0/s1. The van der Waals surface area contributed by atoms with Crippen LogP contribution in [-0.2, 0) is 88.0 Å². The van der Waals surface area contributed by atoms with Crippen LogP contribution in [0.25, 0.3) is 0 Å². The smallest absolute Gasteiger partial charge is 0.249 e. The lowest BCUT2D eigenvalue weighted by Crippen LogP contribution is -2.61. The van der Waals surface area contributed by atoms with Crippen LogP contribution in [0.3, 0.4) is 0 Å². The van der Waals surface area contributed by atoms with Gasteiger partial charge in [-0.2, -0.15) is 0 Å². The lowest BCUT2D eigenvalue weighted by atomic mass is 9.98.